The van der Waals surface area contributed by atoms with E-state index >= 15 is 0 Å². The molecule has 3 saturated heterocycles. The summed E-state index contributed by atoms with van der Waals surface area (Å²) < 4.78 is 36.2. The van der Waals surface area contributed by atoms with Gasteiger partial charge in [-0.05, 0) is 104 Å². The van der Waals surface area contributed by atoms with Crippen LogP contribution in [0, 0.1) is 50.2 Å². The predicted molar refractivity (Wildman–Crippen MR) is 231 cm³/mol. The first-order valence-corrected chi connectivity index (χ1v) is 24.3. The van der Waals surface area contributed by atoms with Crippen LogP contribution in [0.3, 0.4) is 0 Å². The fourth-order valence-corrected chi connectivity index (χ4v) is 15.1. The Bertz CT molecular complexity index is 1820. The lowest BCUT2D eigenvalue weighted by Gasteiger charge is -2.72. The van der Waals surface area contributed by atoms with E-state index in [9.17, 15) is 61.0 Å². The highest BCUT2D eigenvalue weighted by molar-refractivity contribution is 5.73. The fourth-order valence-electron chi connectivity index (χ4n) is 15.1. The Labute approximate surface area is 387 Å². The molecule has 0 aromatic rings. The number of carboxylic acids is 1. The number of ether oxygens (including phenoxy) is 6. The SMILES string of the molecule is C[C@H]1O[C@@H](O[C@H]2[C@H](O[C@H]3[C@H](O[C@H]4CC[C@@]5(C)C(CC[C@]6(C)C5CC=C5C7CC(C)(C)C[C@@H](O)[C@]7(C)CC[C@]56C)[C@@]4(C)CO)O[C@H](C(=O)O)[C@@H](O)[C@@H]3O)O[C@H](CO)[C@@H](O)[C@@H]2O)[C@H](O)[C@H](O)[C@H]1O. The lowest BCUT2D eigenvalue weighted by molar-refractivity contribution is -0.396. The third-order valence-electron chi connectivity index (χ3n) is 19.5. The van der Waals surface area contributed by atoms with Crippen LogP contribution in [0.5, 0.6) is 0 Å². The van der Waals surface area contributed by atoms with Crippen molar-refractivity contribution in [2.24, 2.45) is 50.2 Å². The van der Waals surface area contributed by atoms with Crippen molar-refractivity contribution in [2.75, 3.05) is 13.2 Å². The Balaban J connectivity index is 1.08. The van der Waals surface area contributed by atoms with Crippen molar-refractivity contribution in [1.82, 2.24) is 0 Å². The number of aliphatic hydroxyl groups excluding tert-OH is 10. The number of carbonyl (C=O) groups is 1. The van der Waals surface area contributed by atoms with Gasteiger partial charge in [0.15, 0.2) is 25.0 Å². The first-order chi connectivity index (χ1) is 30.7. The van der Waals surface area contributed by atoms with E-state index in [4.69, 9.17) is 28.4 Å². The molecule has 18 nitrogen and oxygen atoms in total. The molecule has 8 aliphatic rings. The molecule has 0 radical (unpaired) electrons. The first kappa shape index (κ1) is 50.9. The van der Waals surface area contributed by atoms with Crippen LogP contribution in [-0.2, 0) is 33.2 Å². The fraction of sp³-hybridized carbons (Fsp3) is 0.938. The van der Waals surface area contributed by atoms with E-state index in [1.54, 1.807) is 0 Å². The molecular weight excluding hydrogens is 865 g/mol. The highest BCUT2D eigenvalue weighted by atomic mass is 16.8. The highest BCUT2D eigenvalue weighted by Crippen LogP contribution is 2.76. The van der Waals surface area contributed by atoms with Gasteiger partial charge < -0.3 is 84.6 Å². The van der Waals surface area contributed by atoms with E-state index < -0.39 is 116 Å². The van der Waals surface area contributed by atoms with Gasteiger partial charge in [0.05, 0.1) is 31.5 Å². The molecule has 3 aliphatic heterocycles. The predicted octanol–water partition coefficient (Wildman–Crippen LogP) is 0.705. The molecule has 378 valence electrons. The Kier molecular flexibility index (Phi) is 13.7. The number of fused-ring (bicyclic) bond motifs is 7. The molecule has 0 spiro atoms. The van der Waals surface area contributed by atoms with Gasteiger partial charge in [-0.1, -0.05) is 60.1 Å². The molecular formula is C48H78O18. The van der Waals surface area contributed by atoms with E-state index in [2.05, 4.69) is 47.6 Å². The molecule has 8 rings (SSSR count). The Hall–Kier alpha value is -1.43. The molecule has 25 atom stereocenters. The second-order valence-electron chi connectivity index (χ2n) is 23.6. The third kappa shape index (κ3) is 7.78. The maximum atomic E-state index is 12.5. The summed E-state index contributed by atoms with van der Waals surface area (Å²) in [5.41, 5.74) is -0.0545. The summed E-state index contributed by atoms with van der Waals surface area (Å²) in [5, 5.41) is 120. The number of aliphatic carboxylic acids is 1. The smallest absolute Gasteiger partial charge is 0.335 e. The van der Waals surface area contributed by atoms with Gasteiger partial charge in [-0.25, -0.2) is 4.79 Å². The van der Waals surface area contributed by atoms with Gasteiger partial charge in [0, 0.05) is 10.8 Å². The molecule has 3 unspecified atom stereocenters. The summed E-state index contributed by atoms with van der Waals surface area (Å²) in [6.45, 7) is 16.3. The molecule has 0 aromatic heterocycles. The van der Waals surface area contributed by atoms with E-state index in [1.807, 2.05) is 6.92 Å². The van der Waals surface area contributed by atoms with Crippen LogP contribution in [0.1, 0.15) is 113 Å². The molecule has 3 heterocycles. The van der Waals surface area contributed by atoms with Crippen LogP contribution in [-0.4, -0.2) is 180 Å². The normalized spacial score (nSPS) is 55.9. The van der Waals surface area contributed by atoms with Gasteiger partial charge in [0.25, 0.3) is 0 Å². The molecule has 7 fully saturated rings. The average molecular weight is 943 g/mol. The Morgan fingerprint density at radius 3 is 1.94 bits per heavy atom. The molecule has 0 aromatic carbocycles. The molecule has 5 aliphatic carbocycles. The van der Waals surface area contributed by atoms with Gasteiger partial charge in [0.1, 0.15) is 61.0 Å². The molecule has 11 N–H and O–H groups in total. The van der Waals surface area contributed by atoms with Crippen molar-refractivity contribution in [1.29, 1.82) is 0 Å². The minimum absolute atomic E-state index is 0.0166. The van der Waals surface area contributed by atoms with E-state index in [0.717, 1.165) is 44.9 Å². The summed E-state index contributed by atoms with van der Waals surface area (Å²) in [6.07, 6.45) is -17.6. The van der Waals surface area contributed by atoms with Crippen LogP contribution in [0.15, 0.2) is 11.6 Å². The number of hydrogen-bond donors (Lipinski definition) is 11. The minimum Gasteiger partial charge on any atom is -0.479 e. The van der Waals surface area contributed by atoms with Crippen LogP contribution in [0.2, 0.25) is 0 Å². The Morgan fingerprint density at radius 2 is 1.30 bits per heavy atom. The van der Waals surface area contributed by atoms with Gasteiger partial charge in [-0.15, -0.1) is 0 Å². The van der Waals surface area contributed by atoms with Gasteiger partial charge in [-0.2, -0.15) is 0 Å². The number of aliphatic hydroxyl groups is 10. The molecule has 4 saturated carbocycles. The average Bonchev–Trinajstić information content (AvgIpc) is 3.25. The monoisotopic (exact) mass is 943 g/mol. The summed E-state index contributed by atoms with van der Waals surface area (Å²) in [6, 6.07) is 0. The minimum atomic E-state index is -2.07. The van der Waals surface area contributed by atoms with Gasteiger partial charge in [0.2, 0.25) is 0 Å². The van der Waals surface area contributed by atoms with Gasteiger partial charge in [-0.3, -0.25) is 0 Å². The standard InChI is InChI=1S/C48H78O18/c1-21-29(52)31(54)35(58)40(61-21)65-37-32(55)30(53)24(19-49)62-41(37)66-38-34(57)33(56)36(39(59)60)64-42(38)63-28-12-13-45(5)25(46(28,6)20-50)11-14-48(8)26(45)10-9-22-23-17-43(2,3)18-27(51)44(23,4)15-16-47(22,48)7/h9,21,23-38,40-42,49-58H,10-20H2,1-8H3,(H,59,60)/t21-,23?,24-,25?,26?,27-,28+,29+,30-,31-,32+,33+,34+,35-,36+,37-,38-,40+,41+,42-,44-,45+,46-,47-,48-/m1/s1. The topological polar surface area (TPSA) is 295 Å². The Morgan fingerprint density at radius 1 is 0.667 bits per heavy atom. The summed E-state index contributed by atoms with van der Waals surface area (Å²) in [4.78, 5) is 12.5. The van der Waals surface area contributed by atoms with E-state index in [0.29, 0.717) is 12.8 Å². The number of hydrogen-bond acceptors (Lipinski definition) is 17. The van der Waals surface area contributed by atoms with Crippen LogP contribution >= 0.6 is 0 Å². The summed E-state index contributed by atoms with van der Waals surface area (Å²) in [5.74, 6) is -1.16. The third-order valence-corrected chi connectivity index (χ3v) is 19.5. The highest BCUT2D eigenvalue weighted by Gasteiger charge is 2.70. The second-order valence-corrected chi connectivity index (χ2v) is 23.6. The van der Waals surface area contributed by atoms with E-state index in [-0.39, 0.29) is 57.5 Å². The van der Waals surface area contributed by atoms with E-state index in [1.165, 1.54) is 12.5 Å². The maximum Gasteiger partial charge on any atom is 0.335 e. The molecule has 0 bridgehead atoms. The van der Waals surface area contributed by atoms with Crippen molar-refractivity contribution in [3.63, 3.8) is 0 Å². The first-order valence-electron chi connectivity index (χ1n) is 24.3. The number of rotatable bonds is 9. The zero-order chi connectivity index (χ0) is 48.4. The number of carboxylic acid groups (broad SMARTS) is 1. The lowest BCUT2D eigenvalue weighted by atomic mass is 9.33. The van der Waals surface area contributed by atoms with Crippen molar-refractivity contribution >= 4 is 5.97 Å². The van der Waals surface area contributed by atoms with Crippen LogP contribution in [0.25, 0.3) is 0 Å². The van der Waals surface area contributed by atoms with Crippen LogP contribution in [0.4, 0.5) is 0 Å². The lowest BCUT2D eigenvalue weighted by Crippen LogP contribution is -2.68. The van der Waals surface area contributed by atoms with Crippen LogP contribution < -0.4 is 0 Å². The largest absolute Gasteiger partial charge is 0.479 e. The zero-order valence-corrected chi connectivity index (χ0v) is 39.7. The quantitative estimate of drug-likeness (QED) is 0.112. The van der Waals surface area contributed by atoms with Crippen molar-refractivity contribution in [3.8, 4) is 0 Å². The van der Waals surface area contributed by atoms with Crippen molar-refractivity contribution < 1.29 is 89.4 Å². The molecule has 66 heavy (non-hydrogen) atoms. The zero-order valence-electron chi connectivity index (χ0n) is 39.7. The summed E-state index contributed by atoms with van der Waals surface area (Å²) in [7, 11) is 0. The molecule has 18 heteroatoms. The van der Waals surface area contributed by atoms with Crippen molar-refractivity contribution in [3.05, 3.63) is 11.6 Å². The maximum absolute atomic E-state index is 12.5. The molecule has 0 amide bonds. The summed E-state index contributed by atoms with van der Waals surface area (Å²) >= 11 is 0. The second kappa shape index (κ2) is 17.7. The number of allylic oxidation sites excluding steroid dienone is 2. The van der Waals surface area contributed by atoms with Gasteiger partial charge >= 0.3 is 5.97 Å². The van der Waals surface area contributed by atoms with Crippen molar-refractivity contribution in [2.45, 2.75) is 218 Å².